The van der Waals surface area contributed by atoms with E-state index in [2.05, 4.69) is 20.2 Å². The highest BCUT2D eigenvalue weighted by Gasteiger charge is 2.31. The van der Waals surface area contributed by atoms with Gasteiger partial charge < -0.3 is 10.2 Å². The molecule has 0 saturated carbocycles. The van der Waals surface area contributed by atoms with Crippen molar-refractivity contribution in [2.45, 2.75) is 51.6 Å². The first kappa shape index (κ1) is 11.9. The zero-order valence-corrected chi connectivity index (χ0v) is 11.3. The van der Waals surface area contributed by atoms with Crippen molar-refractivity contribution in [3.05, 3.63) is 17.5 Å². The molecular weight excluding hydrogens is 224 g/mol. The summed E-state index contributed by atoms with van der Waals surface area (Å²) in [7, 11) is 0. The molecule has 2 atom stereocenters. The second-order valence-corrected chi connectivity index (χ2v) is 5.67. The van der Waals surface area contributed by atoms with Crippen LogP contribution in [0.5, 0.6) is 0 Å². The summed E-state index contributed by atoms with van der Waals surface area (Å²) in [6.07, 6.45) is 5.20. The number of aromatic nitrogens is 2. The molecule has 0 spiro atoms. The second kappa shape index (κ2) is 4.84. The Hall–Kier alpha value is -1.16. The zero-order chi connectivity index (χ0) is 12.5. The van der Waals surface area contributed by atoms with E-state index in [0.717, 1.165) is 23.4 Å². The first-order valence-electron chi connectivity index (χ1n) is 7.03. The van der Waals surface area contributed by atoms with Crippen LogP contribution >= 0.6 is 0 Å². The first-order chi connectivity index (χ1) is 8.70. The minimum Gasteiger partial charge on any atom is -0.351 e. The van der Waals surface area contributed by atoms with Crippen LogP contribution in [0.25, 0.3) is 0 Å². The number of anilines is 1. The largest absolute Gasteiger partial charge is 0.351 e. The summed E-state index contributed by atoms with van der Waals surface area (Å²) in [4.78, 5) is 11.6. The third-order valence-electron chi connectivity index (χ3n) is 4.14. The van der Waals surface area contributed by atoms with Gasteiger partial charge in [-0.05, 0) is 52.1 Å². The molecule has 0 aliphatic carbocycles. The Morgan fingerprint density at radius 1 is 1.17 bits per heavy atom. The standard InChI is InChI=1S/C14H22N4/c1-10-8-11(2)16-14(15-10)17-12-5-7-18-6-3-4-13(18)9-12/h8,12-13H,3-7,9H2,1-2H3,(H,15,16,17). The lowest BCUT2D eigenvalue weighted by molar-refractivity contribution is 0.188. The summed E-state index contributed by atoms with van der Waals surface area (Å²) in [6, 6.07) is 3.36. The maximum Gasteiger partial charge on any atom is 0.223 e. The van der Waals surface area contributed by atoms with Crippen molar-refractivity contribution in [3.63, 3.8) is 0 Å². The summed E-state index contributed by atoms with van der Waals surface area (Å²) < 4.78 is 0. The molecule has 2 unspecified atom stereocenters. The van der Waals surface area contributed by atoms with E-state index >= 15 is 0 Å². The molecule has 0 radical (unpaired) electrons. The molecule has 3 heterocycles. The van der Waals surface area contributed by atoms with Crippen molar-refractivity contribution in [2.24, 2.45) is 0 Å². The van der Waals surface area contributed by atoms with E-state index in [1.54, 1.807) is 0 Å². The van der Waals surface area contributed by atoms with Gasteiger partial charge >= 0.3 is 0 Å². The van der Waals surface area contributed by atoms with Gasteiger partial charge in [-0.15, -0.1) is 0 Å². The molecule has 18 heavy (non-hydrogen) atoms. The maximum absolute atomic E-state index is 4.48. The molecular formula is C14H22N4. The van der Waals surface area contributed by atoms with Crippen LogP contribution in [-0.4, -0.2) is 40.0 Å². The van der Waals surface area contributed by atoms with Crippen LogP contribution < -0.4 is 5.32 Å². The van der Waals surface area contributed by atoms with Crippen molar-refractivity contribution in [2.75, 3.05) is 18.4 Å². The summed E-state index contributed by atoms with van der Waals surface area (Å²) >= 11 is 0. The number of hydrogen-bond acceptors (Lipinski definition) is 4. The molecule has 4 nitrogen and oxygen atoms in total. The quantitative estimate of drug-likeness (QED) is 0.868. The fourth-order valence-electron chi connectivity index (χ4n) is 3.33. The van der Waals surface area contributed by atoms with Gasteiger partial charge in [-0.1, -0.05) is 0 Å². The highest BCUT2D eigenvalue weighted by atomic mass is 15.2. The Morgan fingerprint density at radius 3 is 2.72 bits per heavy atom. The maximum atomic E-state index is 4.48. The van der Waals surface area contributed by atoms with Crippen molar-refractivity contribution >= 4 is 5.95 Å². The molecule has 4 heteroatoms. The minimum absolute atomic E-state index is 0.547. The normalized spacial score (nSPS) is 28.1. The molecule has 0 aromatic carbocycles. The van der Waals surface area contributed by atoms with E-state index in [1.165, 1.54) is 38.8 Å². The van der Waals surface area contributed by atoms with E-state index in [0.29, 0.717) is 6.04 Å². The van der Waals surface area contributed by atoms with E-state index < -0.39 is 0 Å². The third-order valence-corrected chi connectivity index (χ3v) is 4.14. The predicted molar refractivity (Wildman–Crippen MR) is 72.7 cm³/mol. The fourth-order valence-corrected chi connectivity index (χ4v) is 3.33. The molecule has 3 rings (SSSR count). The molecule has 1 N–H and O–H groups in total. The van der Waals surface area contributed by atoms with Gasteiger partial charge in [0.15, 0.2) is 0 Å². The number of piperidine rings is 1. The van der Waals surface area contributed by atoms with Crippen LogP contribution in [0.3, 0.4) is 0 Å². The van der Waals surface area contributed by atoms with Crippen LogP contribution in [0, 0.1) is 13.8 Å². The molecule has 1 aromatic heterocycles. The number of hydrogen-bond donors (Lipinski definition) is 1. The van der Waals surface area contributed by atoms with Crippen molar-refractivity contribution in [1.29, 1.82) is 0 Å². The van der Waals surface area contributed by atoms with Crippen molar-refractivity contribution in [3.8, 4) is 0 Å². The highest BCUT2D eigenvalue weighted by molar-refractivity contribution is 5.29. The Morgan fingerprint density at radius 2 is 1.94 bits per heavy atom. The molecule has 2 saturated heterocycles. The molecule has 1 aromatic rings. The Kier molecular flexibility index (Phi) is 3.20. The molecule has 98 valence electrons. The van der Waals surface area contributed by atoms with Gasteiger partial charge in [-0.25, -0.2) is 9.97 Å². The Balaban J connectivity index is 1.65. The van der Waals surface area contributed by atoms with Crippen LogP contribution in [0.4, 0.5) is 5.95 Å². The van der Waals surface area contributed by atoms with Gasteiger partial charge in [0, 0.05) is 30.0 Å². The average molecular weight is 246 g/mol. The number of fused-ring (bicyclic) bond motifs is 1. The minimum atomic E-state index is 0.547. The van der Waals surface area contributed by atoms with Gasteiger partial charge in [0.1, 0.15) is 0 Å². The lowest BCUT2D eigenvalue weighted by Gasteiger charge is -2.35. The summed E-state index contributed by atoms with van der Waals surface area (Å²) in [5, 5.41) is 3.53. The first-order valence-corrected chi connectivity index (χ1v) is 7.03. The van der Waals surface area contributed by atoms with Crippen LogP contribution in [0.15, 0.2) is 6.07 Å². The monoisotopic (exact) mass is 246 g/mol. The van der Waals surface area contributed by atoms with Gasteiger partial charge in [-0.2, -0.15) is 0 Å². The smallest absolute Gasteiger partial charge is 0.223 e. The van der Waals surface area contributed by atoms with Crippen molar-refractivity contribution < 1.29 is 0 Å². The van der Waals surface area contributed by atoms with Gasteiger partial charge in [0.25, 0.3) is 0 Å². The highest BCUT2D eigenvalue weighted by Crippen LogP contribution is 2.28. The van der Waals surface area contributed by atoms with E-state index in [1.807, 2.05) is 19.9 Å². The topological polar surface area (TPSA) is 41.1 Å². The molecule has 2 fully saturated rings. The number of nitrogens with one attached hydrogen (secondary N) is 1. The third kappa shape index (κ3) is 2.48. The van der Waals surface area contributed by atoms with Crippen LogP contribution in [-0.2, 0) is 0 Å². The SMILES string of the molecule is Cc1cc(C)nc(NC2CCN3CCCC3C2)n1. The van der Waals surface area contributed by atoms with Gasteiger partial charge in [-0.3, -0.25) is 0 Å². The van der Waals surface area contributed by atoms with Gasteiger partial charge in [0.05, 0.1) is 0 Å². The lowest BCUT2D eigenvalue weighted by atomic mass is 9.98. The van der Waals surface area contributed by atoms with Gasteiger partial charge in [0.2, 0.25) is 5.95 Å². The Labute approximate surface area is 109 Å². The zero-order valence-electron chi connectivity index (χ0n) is 11.3. The summed E-state index contributed by atoms with van der Waals surface area (Å²) in [6.45, 7) is 6.59. The molecule has 0 bridgehead atoms. The lowest BCUT2D eigenvalue weighted by Crippen LogP contribution is -2.43. The second-order valence-electron chi connectivity index (χ2n) is 5.67. The van der Waals surface area contributed by atoms with E-state index in [9.17, 15) is 0 Å². The van der Waals surface area contributed by atoms with Crippen molar-refractivity contribution in [1.82, 2.24) is 14.9 Å². The number of nitrogens with zero attached hydrogens (tertiary/aromatic N) is 3. The predicted octanol–water partition coefficient (Wildman–Crippen LogP) is 2.13. The number of rotatable bonds is 2. The summed E-state index contributed by atoms with van der Waals surface area (Å²) in [5.74, 6) is 0.809. The van der Waals surface area contributed by atoms with E-state index in [4.69, 9.17) is 0 Å². The molecule has 0 amide bonds. The fraction of sp³-hybridized carbons (Fsp3) is 0.714. The average Bonchev–Trinajstić information content (AvgIpc) is 2.74. The van der Waals surface area contributed by atoms with E-state index in [-0.39, 0.29) is 0 Å². The number of aryl methyl sites for hydroxylation is 2. The Bertz CT molecular complexity index is 412. The molecule has 2 aliphatic heterocycles. The molecule has 2 aliphatic rings. The van der Waals surface area contributed by atoms with Crippen LogP contribution in [0.1, 0.15) is 37.1 Å². The van der Waals surface area contributed by atoms with Crippen LogP contribution in [0.2, 0.25) is 0 Å². The summed E-state index contributed by atoms with van der Waals surface area (Å²) in [5.41, 5.74) is 2.09.